The van der Waals surface area contributed by atoms with Crippen LogP contribution in [0.4, 0.5) is 0 Å². The molecule has 0 saturated heterocycles. The van der Waals surface area contributed by atoms with Crippen molar-refractivity contribution in [2.24, 2.45) is 0 Å². The first kappa shape index (κ1) is 16.7. The molecule has 0 heterocycles. The predicted molar refractivity (Wildman–Crippen MR) is 84.7 cm³/mol. The van der Waals surface area contributed by atoms with Crippen LogP contribution in [0.2, 0.25) is 10.0 Å². The summed E-state index contributed by atoms with van der Waals surface area (Å²) in [5, 5.41) is 1.10. The van der Waals surface area contributed by atoms with E-state index in [0.717, 1.165) is 12.8 Å². The highest BCUT2D eigenvalue weighted by Gasteiger charge is 2.01. The van der Waals surface area contributed by atoms with Crippen molar-refractivity contribution in [2.75, 3.05) is 6.61 Å². The van der Waals surface area contributed by atoms with Crippen molar-refractivity contribution in [1.82, 2.24) is 0 Å². The average Bonchev–Trinajstić information content (AvgIpc) is 2.31. The third-order valence-corrected chi connectivity index (χ3v) is 3.24. The molecule has 0 atom stereocenters. The van der Waals surface area contributed by atoms with Crippen LogP contribution in [0.5, 0.6) is 5.75 Å². The zero-order valence-corrected chi connectivity index (χ0v) is 13.5. The molecule has 0 fully saturated rings. The summed E-state index contributed by atoms with van der Waals surface area (Å²) >= 11 is 22.9. The summed E-state index contributed by atoms with van der Waals surface area (Å²) in [6.07, 6.45) is 5.48. The molecule has 19 heavy (non-hydrogen) atoms. The third-order valence-electron chi connectivity index (χ3n) is 2.40. The van der Waals surface area contributed by atoms with Gasteiger partial charge in [0.25, 0.3) is 0 Å². The third kappa shape index (κ3) is 7.12. The van der Waals surface area contributed by atoms with Crippen molar-refractivity contribution in [3.63, 3.8) is 0 Å². The maximum absolute atomic E-state index is 6.00. The van der Waals surface area contributed by atoms with E-state index in [1.807, 2.05) is 13.0 Å². The summed E-state index contributed by atoms with van der Waals surface area (Å²) in [6, 6.07) is 5.15. The number of benzene rings is 1. The minimum Gasteiger partial charge on any atom is -0.488 e. The molecule has 0 spiro atoms. The number of allylic oxidation sites excluding steroid dienone is 2. The molecule has 0 aliphatic carbocycles. The molecule has 1 aromatic rings. The quantitative estimate of drug-likeness (QED) is 0.543. The highest BCUT2D eigenvalue weighted by molar-refractivity contribution is 6.55. The predicted octanol–water partition coefficient (Wildman–Crippen LogP) is 6.42. The second-order valence-corrected chi connectivity index (χ2v) is 5.82. The van der Waals surface area contributed by atoms with Crippen LogP contribution in [0.1, 0.15) is 19.8 Å². The summed E-state index contributed by atoms with van der Waals surface area (Å²) in [5.74, 6) is 0.624. The van der Waals surface area contributed by atoms with Crippen molar-refractivity contribution in [2.45, 2.75) is 19.8 Å². The first-order valence-corrected chi connectivity index (χ1v) is 7.25. The van der Waals surface area contributed by atoms with Gasteiger partial charge in [0.1, 0.15) is 16.8 Å². The maximum atomic E-state index is 6.00. The van der Waals surface area contributed by atoms with E-state index in [1.54, 1.807) is 24.3 Å². The number of rotatable bonds is 6. The van der Waals surface area contributed by atoms with Gasteiger partial charge < -0.3 is 4.74 Å². The lowest BCUT2D eigenvalue weighted by Gasteiger charge is -2.06. The Labute approximate surface area is 133 Å². The Morgan fingerprint density at radius 3 is 2.58 bits per heavy atom. The summed E-state index contributed by atoms with van der Waals surface area (Å²) in [5.41, 5.74) is 1.20. The van der Waals surface area contributed by atoms with Crippen LogP contribution in [0.25, 0.3) is 0 Å². The highest BCUT2D eigenvalue weighted by atomic mass is 35.5. The van der Waals surface area contributed by atoms with Crippen molar-refractivity contribution in [3.05, 3.63) is 50.5 Å². The van der Waals surface area contributed by atoms with E-state index in [0.29, 0.717) is 26.9 Å². The van der Waals surface area contributed by atoms with Crippen LogP contribution in [-0.2, 0) is 0 Å². The standard InChI is InChI=1S/C14H14Cl4O/c1-10(3-2-4-14(17)18)7-8-19-13-6-5-11(15)9-12(13)16/h4-7,9H,2-3,8H2,1H3/b10-7+. The second kappa shape index (κ2) is 8.76. The fraction of sp³-hybridized carbons (Fsp3) is 0.286. The van der Waals surface area contributed by atoms with E-state index in [9.17, 15) is 0 Å². The van der Waals surface area contributed by atoms with Gasteiger partial charge in [-0.05, 0) is 44.0 Å². The first-order valence-electron chi connectivity index (χ1n) is 5.73. The Morgan fingerprint density at radius 2 is 1.95 bits per heavy atom. The summed E-state index contributed by atoms with van der Waals surface area (Å²) in [7, 11) is 0. The molecule has 1 rings (SSSR count). The Hall–Kier alpha value is -0.340. The number of hydrogen-bond acceptors (Lipinski definition) is 1. The Balaban J connectivity index is 2.42. The average molecular weight is 340 g/mol. The van der Waals surface area contributed by atoms with Gasteiger partial charge in [0, 0.05) is 5.02 Å². The largest absolute Gasteiger partial charge is 0.488 e. The molecular weight excluding hydrogens is 326 g/mol. The minimum absolute atomic E-state index is 0.303. The van der Waals surface area contributed by atoms with Gasteiger partial charge in [0.2, 0.25) is 0 Å². The van der Waals surface area contributed by atoms with Gasteiger partial charge in [0.15, 0.2) is 0 Å². The molecule has 0 bridgehead atoms. The van der Waals surface area contributed by atoms with Crippen LogP contribution in [0.15, 0.2) is 40.4 Å². The van der Waals surface area contributed by atoms with Gasteiger partial charge in [-0.1, -0.05) is 58.1 Å². The van der Waals surface area contributed by atoms with Crippen molar-refractivity contribution < 1.29 is 4.74 Å². The van der Waals surface area contributed by atoms with Gasteiger partial charge in [-0.2, -0.15) is 0 Å². The molecule has 104 valence electrons. The van der Waals surface area contributed by atoms with Crippen LogP contribution < -0.4 is 4.74 Å². The number of hydrogen-bond donors (Lipinski definition) is 0. The topological polar surface area (TPSA) is 9.23 Å². The van der Waals surface area contributed by atoms with Crippen molar-refractivity contribution >= 4 is 46.4 Å². The van der Waals surface area contributed by atoms with Crippen LogP contribution in [0.3, 0.4) is 0 Å². The SMILES string of the molecule is C/C(=C\COc1ccc(Cl)cc1Cl)CCC=C(Cl)Cl. The van der Waals surface area contributed by atoms with E-state index >= 15 is 0 Å². The van der Waals surface area contributed by atoms with Crippen molar-refractivity contribution in [3.8, 4) is 5.75 Å². The Kier molecular flexibility index (Phi) is 7.70. The molecule has 0 aliphatic rings. The molecule has 1 nitrogen and oxygen atoms in total. The zero-order valence-electron chi connectivity index (χ0n) is 10.4. The van der Waals surface area contributed by atoms with Gasteiger partial charge in [0.05, 0.1) is 5.02 Å². The number of halogens is 4. The van der Waals surface area contributed by atoms with E-state index < -0.39 is 0 Å². The number of ether oxygens (including phenoxy) is 1. The lowest BCUT2D eigenvalue weighted by Crippen LogP contribution is -1.95. The molecule has 0 N–H and O–H groups in total. The van der Waals surface area contributed by atoms with Gasteiger partial charge in [-0.25, -0.2) is 0 Å². The molecule has 5 heteroatoms. The lowest BCUT2D eigenvalue weighted by atomic mass is 10.1. The Bertz CT molecular complexity index is 476. The molecular formula is C14H14Cl4O. The van der Waals surface area contributed by atoms with Gasteiger partial charge in [-0.3, -0.25) is 0 Å². The molecule has 0 amide bonds. The molecule has 1 aromatic carbocycles. The highest BCUT2D eigenvalue weighted by Crippen LogP contribution is 2.27. The van der Waals surface area contributed by atoms with Gasteiger partial charge >= 0.3 is 0 Å². The molecule has 0 radical (unpaired) electrons. The minimum atomic E-state index is 0.303. The first-order chi connectivity index (χ1) is 8.99. The lowest BCUT2D eigenvalue weighted by molar-refractivity contribution is 0.362. The molecule has 0 aliphatic heterocycles. The van der Waals surface area contributed by atoms with Gasteiger partial charge in [-0.15, -0.1) is 0 Å². The van der Waals surface area contributed by atoms with Crippen molar-refractivity contribution in [1.29, 1.82) is 0 Å². The fourth-order valence-corrected chi connectivity index (χ4v) is 2.06. The fourth-order valence-electron chi connectivity index (χ4n) is 1.38. The maximum Gasteiger partial charge on any atom is 0.138 e. The van der Waals surface area contributed by atoms with E-state index in [1.165, 1.54) is 5.57 Å². The summed E-state index contributed by atoms with van der Waals surface area (Å²) < 4.78 is 5.86. The molecule has 0 unspecified atom stereocenters. The molecule has 0 aromatic heterocycles. The van der Waals surface area contributed by atoms with Crippen LogP contribution >= 0.6 is 46.4 Å². The van der Waals surface area contributed by atoms with Crippen LogP contribution in [0, 0.1) is 0 Å². The zero-order chi connectivity index (χ0) is 14.3. The smallest absolute Gasteiger partial charge is 0.138 e. The van der Waals surface area contributed by atoms with E-state index in [4.69, 9.17) is 51.1 Å². The van der Waals surface area contributed by atoms with Crippen LogP contribution in [-0.4, -0.2) is 6.61 Å². The van der Waals surface area contributed by atoms with E-state index in [-0.39, 0.29) is 0 Å². The monoisotopic (exact) mass is 338 g/mol. The van der Waals surface area contributed by atoms with E-state index in [2.05, 4.69) is 0 Å². The summed E-state index contributed by atoms with van der Waals surface area (Å²) in [6.45, 7) is 2.49. The summed E-state index contributed by atoms with van der Waals surface area (Å²) in [4.78, 5) is 0. The normalized spacial score (nSPS) is 11.3. The molecule has 0 saturated carbocycles. The Morgan fingerprint density at radius 1 is 1.21 bits per heavy atom. The second-order valence-electron chi connectivity index (χ2n) is 3.97.